The molecule has 1 N–H and O–H groups in total. The van der Waals surface area contributed by atoms with Crippen LogP contribution in [0, 0.1) is 5.92 Å². The van der Waals surface area contributed by atoms with Gasteiger partial charge in [0.15, 0.2) is 0 Å². The number of likely N-dealkylation sites (tertiary alicyclic amines) is 1. The fraction of sp³-hybridized carbons (Fsp3) is 0.462. The van der Waals surface area contributed by atoms with Crippen LogP contribution in [0.2, 0.25) is 10.0 Å². The smallest absolute Gasteiger partial charge is 0.256 e. The van der Waals surface area contributed by atoms with Gasteiger partial charge in [-0.2, -0.15) is 0 Å². The highest BCUT2D eigenvalue weighted by atomic mass is 35.5. The van der Waals surface area contributed by atoms with Crippen LogP contribution < -0.4 is 5.32 Å². The lowest BCUT2D eigenvalue weighted by atomic mass is 10.1. The first-order valence-corrected chi connectivity index (χ1v) is 6.77. The molecule has 1 aliphatic heterocycles. The van der Waals surface area contributed by atoms with Crippen molar-refractivity contribution in [2.45, 2.75) is 6.42 Å². The van der Waals surface area contributed by atoms with Crippen LogP contribution in [0.1, 0.15) is 16.8 Å². The van der Waals surface area contributed by atoms with E-state index in [2.05, 4.69) is 5.32 Å². The van der Waals surface area contributed by atoms with Gasteiger partial charge in [0.05, 0.1) is 15.6 Å². The maximum atomic E-state index is 12.4. The van der Waals surface area contributed by atoms with Crippen LogP contribution in [0.15, 0.2) is 18.2 Å². The van der Waals surface area contributed by atoms with Gasteiger partial charge in [0.1, 0.15) is 0 Å². The number of carbonyl (C=O) groups is 1. The summed E-state index contributed by atoms with van der Waals surface area (Å²) in [5.74, 6) is 0.449. The van der Waals surface area contributed by atoms with E-state index in [0.717, 1.165) is 26.1 Å². The number of halogens is 2. The lowest BCUT2D eigenvalue weighted by molar-refractivity contribution is 0.0787. The van der Waals surface area contributed by atoms with Crippen molar-refractivity contribution in [2.24, 2.45) is 5.92 Å². The van der Waals surface area contributed by atoms with Gasteiger partial charge in [-0.25, -0.2) is 0 Å². The molecule has 1 aromatic carbocycles. The van der Waals surface area contributed by atoms with E-state index in [1.165, 1.54) is 0 Å². The average molecular weight is 287 g/mol. The maximum absolute atomic E-state index is 12.4. The molecule has 1 aromatic rings. The highest BCUT2D eigenvalue weighted by Crippen LogP contribution is 2.27. The molecule has 1 saturated heterocycles. The number of hydrogen-bond acceptors (Lipinski definition) is 2. The van der Waals surface area contributed by atoms with Crippen molar-refractivity contribution >= 4 is 29.1 Å². The van der Waals surface area contributed by atoms with Crippen molar-refractivity contribution in [1.82, 2.24) is 10.2 Å². The topological polar surface area (TPSA) is 32.3 Å². The van der Waals surface area contributed by atoms with Gasteiger partial charge in [-0.1, -0.05) is 29.3 Å². The molecular weight excluding hydrogens is 271 g/mol. The Labute approximate surface area is 117 Å². The highest BCUT2D eigenvalue weighted by molar-refractivity contribution is 6.39. The molecule has 98 valence electrons. The zero-order chi connectivity index (χ0) is 13.1. The summed E-state index contributed by atoms with van der Waals surface area (Å²) in [7, 11) is 1.93. The van der Waals surface area contributed by atoms with Crippen LogP contribution in [0.4, 0.5) is 0 Å². The summed E-state index contributed by atoms with van der Waals surface area (Å²) >= 11 is 12.1. The van der Waals surface area contributed by atoms with Crippen molar-refractivity contribution in [1.29, 1.82) is 0 Å². The molecule has 1 aliphatic rings. The molecule has 0 aromatic heterocycles. The molecule has 0 bridgehead atoms. The first-order valence-electron chi connectivity index (χ1n) is 6.01. The third-order valence-corrected chi connectivity index (χ3v) is 3.87. The summed E-state index contributed by atoms with van der Waals surface area (Å²) in [6, 6.07) is 5.14. The normalized spacial score (nSPS) is 19.3. The van der Waals surface area contributed by atoms with E-state index in [-0.39, 0.29) is 5.91 Å². The van der Waals surface area contributed by atoms with Crippen LogP contribution in [0.3, 0.4) is 0 Å². The van der Waals surface area contributed by atoms with Crippen molar-refractivity contribution in [3.63, 3.8) is 0 Å². The number of amides is 1. The van der Waals surface area contributed by atoms with E-state index in [1.54, 1.807) is 18.2 Å². The molecule has 0 spiro atoms. The quantitative estimate of drug-likeness (QED) is 0.927. The third-order valence-electron chi connectivity index (χ3n) is 3.24. The number of hydrogen-bond donors (Lipinski definition) is 1. The Hall–Kier alpha value is -0.770. The standard InChI is InChI=1S/C13H16Cl2N2O/c1-16-7-9-5-6-17(8-9)13(18)12-10(14)3-2-4-11(12)15/h2-4,9,16H,5-8H2,1H3. The predicted octanol–water partition coefficient (Wildman–Crippen LogP) is 2.67. The molecular formula is C13H16Cl2N2O. The van der Waals surface area contributed by atoms with E-state index in [4.69, 9.17) is 23.2 Å². The highest BCUT2D eigenvalue weighted by Gasteiger charge is 2.28. The van der Waals surface area contributed by atoms with Crippen molar-refractivity contribution in [3.05, 3.63) is 33.8 Å². The molecule has 1 unspecified atom stereocenters. The Balaban J connectivity index is 2.13. The number of nitrogens with zero attached hydrogens (tertiary/aromatic N) is 1. The summed E-state index contributed by atoms with van der Waals surface area (Å²) in [4.78, 5) is 14.2. The molecule has 1 atom stereocenters. The molecule has 3 nitrogen and oxygen atoms in total. The zero-order valence-corrected chi connectivity index (χ0v) is 11.8. The summed E-state index contributed by atoms with van der Waals surface area (Å²) < 4.78 is 0. The fourth-order valence-corrected chi connectivity index (χ4v) is 2.89. The molecule has 1 amide bonds. The number of benzene rings is 1. The largest absolute Gasteiger partial charge is 0.338 e. The Bertz CT molecular complexity index is 430. The second-order valence-corrected chi connectivity index (χ2v) is 5.37. The third kappa shape index (κ3) is 2.79. The maximum Gasteiger partial charge on any atom is 0.256 e. The van der Waals surface area contributed by atoms with Crippen molar-refractivity contribution in [2.75, 3.05) is 26.7 Å². The molecule has 0 saturated carbocycles. The lowest BCUT2D eigenvalue weighted by Gasteiger charge is -2.18. The van der Waals surface area contributed by atoms with Crippen LogP contribution in [-0.2, 0) is 0 Å². The van der Waals surface area contributed by atoms with Gasteiger partial charge in [0, 0.05) is 13.1 Å². The number of rotatable bonds is 3. The van der Waals surface area contributed by atoms with Crippen LogP contribution in [0.25, 0.3) is 0 Å². The Morgan fingerprint density at radius 2 is 2.11 bits per heavy atom. The fourth-order valence-electron chi connectivity index (χ4n) is 2.33. The summed E-state index contributed by atoms with van der Waals surface area (Å²) in [5, 5.41) is 3.98. The van der Waals surface area contributed by atoms with Crippen LogP contribution in [0.5, 0.6) is 0 Å². The molecule has 18 heavy (non-hydrogen) atoms. The Morgan fingerprint density at radius 3 is 2.72 bits per heavy atom. The van der Waals surface area contributed by atoms with E-state index in [1.807, 2.05) is 11.9 Å². The van der Waals surface area contributed by atoms with Crippen LogP contribution >= 0.6 is 23.2 Å². The predicted molar refractivity (Wildman–Crippen MR) is 74.4 cm³/mol. The van der Waals surface area contributed by atoms with E-state index in [9.17, 15) is 4.79 Å². The molecule has 2 rings (SSSR count). The minimum atomic E-state index is -0.0656. The second-order valence-electron chi connectivity index (χ2n) is 4.56. The van der Waals surface area contributed by atoms with E-state index < -0.39 is 0 Å². The van der Waals surface area contributed by atoms with Gasteiger partial charge < -0.3 is 10.2 Å². The van der Waals surface area contributed by atoms with Gasteiger partial charge in [-0.15, -0.1) is 0 Å². The SMILES string of the molecule is CNCC1CCN(C(=O)c2c(Cl)cccc2Cl)C1. The summed E-state index contributed by atoms with van der Waals surface area (Å²) in [6.45, 7) is 2.47. The van der Waals surface area contributed by atoms with Gasteiger partial charge in [0.25, 0.3) is 5.91 Å². The minimum absolute atomic E-state index is 0.0656. The van der Waals surface area contributed by atoms with Gasteiger partial charge in [-0.3, -0.25) is 4.79 Å². The molecule has 0 aliphatic carbocycles. The molecule has 1 heterocycles. The Morgan fingerprint density at radius 1 is 1.44 bits per heavy atom. The summed E-state index contributed by atoms with van der Waals surface area (Å²) in [6.07, 6.45) is 1.02. The minimum Gasteiger partial charge on any atom is -0.338 e. The van der Waals surface area contributed by atoms with Gasteiger partial charge in [-0.05, 0) is 38.1 Å². The van der Waals surface area contributed by atoms with E-state index in [0.29, 0.717) is 21.5 Å². The lowest BCUT2D eigenvalue weighted by Crippen LogP contribution is -2.30. The first kappa shape index (κ1) is 13.7. The van der Waals surface area contributed by atoms with Gasteiger partial charge >= 0.3 is 0 Å². The van der Waals surface area contributed by atoms with E-state index >= 15 is 0 Å². The molecule has 5 heteroatoms. The number of nitrogens with one attached hydrogen (secondary N) is 1. The average Bonchev–Trinajstić information content (AvgIpc) is 2.78. The van der Waals surface area contributed by atoms with Crippen molar-refractivity contribution in [3.8, 4) is 0 Å². The monoisotopic (exact) mass is 286 g/mol. The zero-order valence-electron chi connectivity index (χ0n) is 10.2. The number of carbonyl (C=O) groups excluding carboxylic acids is 1. The summed E-state index contributed by atoms with van der Waals surface area (Å²) in [5.41, 5.74) is 0.422. The van der Waals surface area contributed by atoms with Crippen LogP contribution in [-0.4, -0.2) is 37.5 Å². The molecule has 0 radical (unpaired) electrons. The van der Waals surface area contributed by atoms with Gasteiger partial charge in [0.2, 0.25) is 0 Å². The van der Waals surface area contributed by atoms with Crippen molar-refractivity contribution < 1.29 is 4.79 Å². The Kier molecular flexibility index (Phi) is 4.49. The first-order chi connectivity index (χ1) is 8.63. The second kappa shape index (κ2) is 5.91. The molecule has 1 fully saturated rings.